The van der Waals surface area contributed by atoms with Crippen molar-refractivity contribution in [1.82, 2.24) is 10.2 Å². The van der Waals surface area contributed by atoms with E-state index in [0.29, 0.717) is 18.5 Å². The van der Waals surface area contributed by atoms with Crippen LogP contribution in [0.15, 0.2) is 30.3 Å². The maximum atomic E-state index is 14.2. The minimum Gasteiger partial charge on any atom is -0.394 e. The number of fused-ring (bicyclic) bond motifs is 1. The molecule has 1 aromatic carbocycles. The lowest BCUT2D eigenvalue weighted by Crippen LogP contribution is -2.59. The predicted molar refractivity (Wildman–Crippen MR) is 143 cm³/mol. The number of nitrogens with one attached hydrogen (secondary N) is 2. The van der Waals surface area contributed by atoms with Gasteiger partial charge < -0.3 is 25.4 Å². The number of carbonyl (C=O) groups is 3. The van der Waals surface area contributed by atoms with E-state index >= 15 is 0 Å². The molecule has 3 N–H and O–H groups in total. The Kier molecular flexibility index (Phi) is 7.67. The van der Waals surface area contributed by atoms with Crippen LogP contribution in [0.25, 0.3) is 0 Å². The van der Waals surface area contributed by atoms with Gasteiger partial charge in [0.05, 0.1) is 30.6 Å². The van der Waals surface area contributed by atoms with Crippen molar-refractivity contribution in [3.8, 4) is 0 Å². The van der Waals surface area contributed by atoms with Gasteiger partial charge in [0.2, 0.25) is 17.7 Å². The molecule has 7 atom stereocenters. The number of likely N-dealkylation sites (tertiary alicyclic amines) is 1. The van der Waals surface area contributed by atoms with Gasteiger partial charge in [0.25, 0.3) is 0 Å². The molecule has 2 bridgehead atoms. The lowest BCUT2D eigenvalue weighted by molar-refractivity contribution is -0.145. The Morgan fingerprint density at radius 2 is 1.86 bits per heavy atom. The quantitative estimate of drug-likeness (QED) is 0.412. The van der Waals surface area contributed by atoms with Crippen LogP contribution in [-0.4, -0.2) is 69.0 Å². The van der Waals surface area contributed by atoms with Gasteiger partial charge in [-0.05, 0) is 43.7 Å². The molecular formula is C28H38BrN3O5. The highest BCUT2D eigenvalue weighted by atomic mass is 79.9. The third-order valence-corrected chi connectivity index (χ3v) is 9.46. The molecule has 4 aliphatic rings. The zero-order valence-electron chi connectivity index (χ0n) is 21.6. The van der Waals surface area contributed by atoms with E-state index in [2.05, 4.69) is 26.6 Å². The Morgan fingerprint density at radius 3 is 2.51 bits per heavy atom. The molecule has 8 nitrogen and oxygen atoms in total. The minimum absolute atomic E-state index is 0.0712. The Bertz CT molecular complexity index is 1020. The lowest BCUT2D eigenvalue weighted by Gasteiger charge is -2.38. The first-order valence-electron chi connectivity index (χ1n) is 13.7. The van der Waals surface area contributed by atoms with E-state index < -0.39 is 35.6 Å². The van der Waals surface area contributed by atoms with E-state index in [1.165, 1.54) is 6.42 Å². The van der Waals surface area contributed by atoms with E-state index in [1.807, 2.05) is 32.0 Å². The second kappa shape index (κ2) is 10.7. The second-order valence-electron chi connectivity index (χ2n) is 11.6. The standard InChI is InChI=1S/C28H38BrN3O5/c1-16(2)13-19(15-33)32-24(26(35)31-18-11-7-4-8-12-18)28-14-20(29)23(37-28)21(22(28)27(32)36)25(34)30-17-9-5-3-6-10-17/h3,5-6,9-10,16,18-24,33H,4,7-8,11-15H2,1-2H3,(H,30,34)(H,31,35)/t19-,20?,21+,22+,23+,24?,28?/m1/s1. The van der Waals surface area contributed by atoms with Crippen LogP contribution in [0.5, 0.6) is 0 Å². The van der Waals surface area contributed by atoms with Gasteiger partial charge in [-0.2, -0.15) is 0 Å². The van der Waals surface area contributed by atoms with Crippen LogP contribution in [0.2, 0.25) is 0 Å². The number of rotatable bonds is 8. The van der Waals surface area contributed by atoms with Gasteiger partial charge in [0.1, 0.15) is 11.6 Å². The summed E-state index contributed by atoms with van der Waals surface area (Å²) in [5, 5.41) is 16.6. The Morgan fingerprint density at radius 1 is 1.16 bits per heavy atom. The number of nitrogens with zero attached hydrogens (tertiary/aromatic N) is 1. The highest BCUT2D eigenvalue weighted by Gasteiger charge is 2.77. The monoisotopic (exact) mass is 575 g/mol. The van der Waals surface area contributed by atoms with Crippen LogP contribution in [0.3, 0.4) is 0 Å². The van der Waals surface area contributed by atoms with Gasteiger partial charge in [-0.3, -0.25) is 14.4 Å². The molecule has 37 heavy (non-hydrogen) atoms. The Hall–Kier alpha value is -1.97. The van der Waals surface area contributed by atoms with Crippen LogP contribution in [0.1, 0.15) is 58.8 Å². The fraction of sp³-hybridized carbons (Fsp3) is 0.679. The number of aliphatic hydroxyl groups excluding tert-OH is 1. The van der Waals surface area contributed by atoms with Gasteiger partial charge in [-0.25, -0.2) is 0 Å². The second-order valence-corrected chi connectivity index (χ2v) is 12.7. The molecule has 3 amide bonds. The van der Waals surface area contributed by atoms with Crippen LogP contribution in [0.4, 0.5) is 5.69 Å². The largest absolute Gasteiger partial charge is 0.394 e. The number of amides is 3. The van der Waals surface area contributed by atoms with Gasteiger partial charge in [-0.15, -0.1) is 0 Å². The van der Waals surface area contributed by atoms with Gasteiger partial charge >= 0.3 is 0 Å². The molecular weight excluding hydrogens is 538 g/mol. The molecule has 3 aliphatic heterocycles. The zero-order valence-corrected chi connectivity index (χ0v) is 23.2. The summed E-state index contributed by atoms with van der Waals surface area (Å²) in [6, 6.07) is 7.83. The molecule has 1 aromatic rings. The number of anilines is 1. The lowest BCUT2D eigenvalue weighted by atomic mass is 9.70. The van der Waals surface area contributed by atoms with Crippen molar-refractivity contribution in [2.24, 2.45) is 17.8 Å². The summed E-state index contributed by atoms with van der Waals surface area (Å²) < 4.78 is 6.58. The van der Waals surface area contributed by atoms with E-state index in [-0.39, 0.29) is 41.1 Å². The number of hydrogen-bond donors (Lipinski definition) is 3. The molecule has 0 aromatic heterocycles. The SMILES string of the molecule is CC(C)C[C@H](CO)N1C(=O)[C@@H]2[C@H](C(=O)Nc3ccccc3)[C@H]3OC2(CC3Br)C1C(=O)NC1CCCCC1. The number of hydrogen-bond acceptors (Lipinski definition) is 5. The van der Waals surface area contributed by atoms with Crippen molar-refractivity contribution < 1.29 is 24.2 Å². The molecule has 9 heteroatoms. The zero-order chi connectivity index (χ0) is 26.3. The predicted octanol–water partition coefficient (Wildman–Crippen LogP) is 3.23. The van der Waals surface area contributed by atoms with Crippen molar-refractivity contribution >= 4 is 39.3 Å². The highest BCUT2D eigenvalue weighted by Crippen LogP contribution is 2.60. The maximum Gasteiger partial charge on any atom is 0.246 e. The van der Waals surface area contributed by atoms with Crippen LogP contribution >= 0.6 is 15.9 Å². The molecule has 0 radical (unpaired) electrons. The van der Waals surface area contributed by atoms with E-state index in [0.717, 1.165) is 25.7 Å². The summed E-state index contributed by atoms with van der Waals surface area (Å²) >= 11 is 3.71. The summed E-state index contributed by atoms with van der Waals surface area (Å²) in [5.74, 6) is -2.08. The molecule has 4 fully saturated rings. The van der Waals surface area contributed by atoms with Gasteiger partial charge in [-0.1, -0.05) is 67.2 Å². The summed E-state index contributed by atoms with van der Waals surface area (Å²) in [6.45, 7) is 3.82. The van der Waals surface area contributed by atoms with Crippen LogP contribution < -0.4 is 10.6 Å². The average molecular weight is 577 g/mol. The van der Waals surface area contributed by atoms with Crippen molar-refractivity contribution in [1.29, 1.82) is 0 Å². The van der Waals surface area contributed by atoms with E-state index in [9.17, 15) is 19.5 Å². The van der Waals surface area contributed by atoms with Crippen molar-refractivity contribution in [2.75, 3.05) is 11.9 Å². The van der Waals surface area contributed by atoms with E-state index in [1.54, 1.807) is 17.0 Å². The molecule has 202 valence electrons. The smallest absolute Gasteiger partial charge is 0.246 e. The average Bonchev–Trinajstić information content (AvgIpc) is 3.47. The Labute approximate surface area is 227 Å². The normalized spacial score (nSPS) is 34.0. The molecule has 3 heterocycles. The third kappa shape index (κ3) is 4.72. The van der Waals surface area contributed by atoms with Crippen molar-refractivity contribution in [3.63, 3.8) is 0 Å². The highest BCUT2D eigenvalue weighted by molar-refractivity contribution is 9.09. The number of halogens is 1. The number of para-hydroxylation sites is 1. The summed E-state index contributed by atoms with van der Waals surface area (Å²) in [7, 11) is 0. The number of carbonyl (C=O) groups excluding carboxylic acids is 3. The first-order chi connectivity index (χ1) is 17.8. The topological polar surface area (TPSA) is 108 Å². The van der Waals surface area contributed by atoms with Gasteiger partial charge in [0, 0.05) is 16.6 Å². The molecule has 3 unspecified atom stereocenters. The number of ether oxygens (including phenoxy) is 1. The van der Waals surface area contributed by atoms with Crippen LogP contribution in [0, 0.1) is 17.8 Å². The molecule has 5 rings (SSSR count). The van der Waals surface area contributed by atoms with Crippen molar-refractivity contribution in [2.45, 2.75) is 93.5 Å². The van der Waals surface area contributed by atoms with Gasteiger partial charge in [0.15, 0.2) is 0 Å². The minimum atomic E-state index is -1.11. The number of benzene rings is 1. The summed E-state index contributed by atoms with van der Waals surface area (Å²) in [6.07, 6.45) is 5.66. The van der Waals surface area contributed by atoms with E-state index in [4.69, 9.17) is 4.74 Å². The first-order valence-corrected chi connectivity index (χ1v) is 14.6. The first kappa shape index (κ1) is 26.6. The molecule has 1 saturated carbocycles. The number of alkyl halides is 1. The molecule has 3 saturated heterocycles. The van der Waals surface area contributed by atoms with Crippen molar-refractivity contribution in [3.05, 3.63) is 30.3 Å². The molecule has 1 spiro atoms. The fourth-order valence-electron chi connectivity index (χ4n) is 7.15. The summed E-state index contributed by atoms with van der Waals surface area (Å²) in [5.41, 5.74) is -0.463. The summed E-state index contributed by atoms with van der Waals surface area (Å²) in [4.78, 5) is 43.2. The maximum absolute atomic E-state index is 14.2. The number of aliphatic hydroxyl groups is 1. The molecule has 1 aliphatic carbocycles. The van der Waals surface area contributed by atoms with Crippen LogP contribution in [-0.2, 0) is 19.1 Å². The fourth-order valence-corrected chi connectivity index (χ4v) is 8.10. The Balaban J connectivity index is 1.50. The third-order valence-electron chi connectivity index (χ3n) is 8.62.